The molecule has 150 valence electrons. The summed E-state index contributed by atoms with van der Waals surface area (Å²) in [6, 6.07) is 21.2. The number of carbonyl (C=O) groups is 1. The van der Waals surface area contributed by atoms with Gasteiger partial charge in [0.25, 0.3) is 5.91 Å². The minimum absolute atomic E-state index is 0.0825. The van der Waals surface area contributed by atoms with Gasteiger partial charge in [0.15, 0.2) is 0 Å². The van der Waals surface area contributed by atoms with Crippen molar-refractivity contribution in [3.05, 3.63) is 98.5 Å². The van der Waals surface area contributed by atoms with Crippen LogP contribution in [0, 0.1) is 11.3 Å². The molecular formula is C23H15Cl3N2O2. The highest BCUT2D eigenvalue weighted by Gasteiger charge is 2.13. The third-order valence-electron chi connectivity index (χ3n) is 4.05. The Labute approximate surface area is 189 Å². The maximum atomic E-state index is 12.5. The van der Waals surface area contributed by atoms with Gasteiger partial charge in [-0.15, -0.1) is 0 Å². The minimum atomic E-state index is -0.589. The Hall–Kier alpha value is -2.97. The van der Waals surface area contributed by atoms with Gasteiger partial charge in [-0.1, -0.05) is 65.1 Å². The van der Waals surface area contributed by atoms with E-state index in [0.717, 1.165) is 5.56 Å². The highest BCUT2D eigenvalue weighted by Crippen LogP contribution is 2.30. The number of nitriles is 1. The van der Waals surface area contributed by atoms with Crippen LogP contribution in [0.25, 0.3) is 6.08 Å². The zero-order valence-electron chi connectivity index (χ0n) is 15.5. The quantitative estimate of drug-likeness (QED) is 0.328. The molecule has 3 aromatic carbocycles. The number of benzene rings is 3. The number of hydrogen-bond donors (Lipinski definition) is 1. The van der Waals surface area contributed by atoms with Crippen molar-refractivity contribution in [3.8, 4) is 11.8 Å². The van der Waals surface area contributed by atoms with Gasteiger partial charge < -0.3 is 10.1 Å². The first kappa shape index (κ1) is 21.7. The normalized spacial score (nSPS) is 10.9. The largest absolute Gasteiger partial charge is 0.489 e. The van der Waals surface area contributed by atoms with Crippen LogP contribution in [0.1, 0.15) is 11.1 Å². The number of hydrogen-bond acceptors (Lipinski definition) is 3. The smallest absolute Gasteiger partial charge is 0.266 e. The van der Waals surface area contributed by atoms with E-state index in [9.17, 15) is 10.1 Å². The summed E-state index contributed by atoms with van der Waals surface area (Å²) in [5, 5.41) is 13.2. The third kappa shape index (κ3) is 5.77. The van der Waals surface area contributed by atoms with E-state index in [2.05, 4.69) is 5.32 Å². The lowest BCUT2D eigenvalue weighted by molar-refractivity contribution is -0.112. The second-order valence-electron chi connectivity index (χ2n) is 6.21. The first-order chi connectivity index (χ1) is 14.5. The lowest BCUT2D eigenvalue weighted by atomic mass is 10.1. The Morgan fingerprint density at radius 2 is 1.77 bits per heavy atom. The molecule has 1 amide bonds. The van der Waals surface area contributed by atoms with Gasteiger partial charge in [0, 0.05) is 5.02 Å². The molecule has 7 heteroatoms. The number of amides is 1. The molecule has 0 heterocycles. The number of anilines is 1. The molecule has 0 aliphatic heterocycles. The summed E-state index contributed by atoms with van der Waals surface area (Å²) in [6.45, 7) is 0.364. The maximum absolute atomic E-state index is 12.5. The van der Waals surface area contributed by atoms with Crippen LogP contribution in [0.3, 0.4) is 0 Å². The molecule has 3 aromatic rings. The predicted molar refractivity (Wildman–Crippen MR) is 121 cm³/mol. The van der Waals surface area contributed by atoms with E-state index >= 15 is 0 Å². The SMILES string of the molecule is N#C/C(=C\c1cccc(OCc2ccc(Cl)cc2)c1)C(=O)Nc1cccc(Cl)c1Cl. The van der Waals surface area contributed by atoms with Crippen LogP contribution in [0.2, 0.25) is 15.1 Å². The van der Waals surface area contributed by atoms with Crippen molar-refractivity contribution < 1.29 is 9.53 Å². The summed E-state index contributed by atoms with van der Waals surface area (Å²) >= 11 is 17.9. The Balaban J connectivity index is 1.73. The van der Waals surface area contributed by atoms with E-state index in [0.29, 0.717) is 33.7 Å². The van der Waals surface area contributed by atoms with Crippen molar-refractivity contribution in [2.24, 2.45) is 0 Å². The molecule has 0 aliphatic carbocycles. The van der Waals surface area contributed by atoms with Crippen LogP contribution >= 0.6 is 34.8 Å². The molecule has 1 N–H and O–H groups in total. The first-order valence-electron chi connectivity index (χ1n) is 8.81. The molecule has 0 aromatic heterocycles. The molecule has 0 unspecified atom stereocenters. The van der Waals surface area contributed by atoms with Crippen LogP contribution in [-0.4, -0.2) is 5.91 Å². The van der Waals surface area contributed by atoms with E-state index in [-0.39, 0.29) is 10.6 Å². The van der Waals surface area contributed by atoms with Gasteiger partial charge in [-0.25, -0.2) is 0 Å². The van der Waals surface area contributed by atoms with Gasteiger partial charge in [-0.2, -0.15) is 5.26 Å². The van der Waals surface area contributed by atoms with Crippen LogP contribution in [0.4, 0.5) is 5.69 Å². The van der Waals surface area contributed by atoms with Crippen LogP contribution < -0.4 is 10.1 Å². The third-order valence-corrected chi connectivity index (χ3v) is 5.12. The molecule has 0 aliphatic rings. The number of carbonyl (C=O) groups excluding carboxylic acids is 1. The first-order valence-corrected chi connectivity index (χ1v) is 9.94. The monoisotopic (exact) mass is 456 g/mol. The lowest BCUT2D eigenvalue weighted by Gasteiger charge is -2.08. The average molecular weight is 458 g/mol. The minimum Gasteiger partial charge on any atom is -0.489 e. The lowest BCUT2D eigenvalue weighted by Crippen LogP contribution is -2.13. The average Bonchev–Trinajstić information content (AvgIpc) is 2.75. The van der Waals surface area contributed by atoms with Gasteiger partial charge in [-0.05, 0) is 53.6 Å². The van der Waals surface area contributed by atoms with Crippen molar-refractivity contribution in [1.82, 2.24) is 0 Å². The second kappa shape index (κ2) is 10.2. The Kier molecular flexibility index (Phi) is 7.37. The fourth-order valence-corrected chi connectivity index (χ4v) is 3.02. The summed E-state index contributed by atoms with van der Waals surface area (Å²) in [7, 11) is 0. The zero-order valence-corrected chi connectivity index (χ0v) is 17.8. The fraction of sp³-hybridized carbons (Fsp3) is 0.0435. The van der Waals surface area contributed by atoms with Crippen molar-refractivity contribution in [1.29, 1.82) is 5.26 Å². The predicted octanol–water partition coefficient (Wildman–Crippen LogP) is 6.77. The molecule has 0 saturated carbocycles. The number of ether oxygens (including phenoxy) is 1. The van der Waals surface area contributed by atoms with Gasteiger partial charge in [0.1, 0.15) is 24.0 Å². The number of halogens is 3. The van der Waals surface area contributed by atoms with Crippen molar-refractivity contribution in [2.75, 3.05) is 5.32 Å². The zero-order chi connectivity index (χ0) is 21.5. The van der Waals surface area contributed by atoms with Gasteiger partial charge in [-0.3, -0.25) is 4.79 Å². The highest BCUT2D eigenvalue weighted by atomic mass is 35.5. The summed E-state index contributed by atoms with van der Waals surface area (Å²) in [5.41, 5.74) is 1.86. The number of rotatable bonds is 6. The Morgan fingerprint density at radius 1 is 1.03 bits per heavy atom. The van der Waals surface area contributed by atoms with Crippen molar-refractivity contribution in [2.45, 2.75) is 6.61 Å². The molecule has 0 spiro atoms. The van der Waals surface area contributed by atoms with E-state index in [1.54, 1.807) is 54.6 Å². The van der Waals surface area contributed by atoms with E-state index in [1.165, 1.54) is 6.08 Å². The molecule has 0 atom stereocenters. The van der Waals surface area contributed by atoms with Crippen LogP contribution in [0.15, 0.2) is 72.3 Å². The standard InChI is InChI=1S/C23H15Cl3N2O2/c24-18-9-7-15(8-10-18)14-30-19-4-1-3-16(12-19)11-17(13-27)23(29)28-21-6-2-5-20(25)22(21)26/h1-12H,14H2,(H,28,29)/b17-11+. The summed E-state index contributed by atoms with van der Waals surface area (Å²) in [4.78, 5) is 12.5. The molecule has 30 heavy (non-hydrogen) atoms. The summed E-state index contributed by atoms with van der Waals surface area (Å²) < 4.78 is 5.78. The fourth-order valence-electron chi connectivity index (χ4n) is 2.55. The topological polar surface area (TPSA) is 62.1 Å². The highest BCUT2D eigenvalue weighted by molar-refractivity contribution is 6.44. The second-order valence-corrected chi connectivity index (χ2v) is 7.43. The summed E-state index contributed by atoms with van der Waals surface area (Å²) in [5.74, 6) is 0.0171. The van der Waals surface area contributed by atoms with E-state index in [4.69, 9.17) is 39.5 Å². The van der Waals surface area contributed by atoms with Crippen LogP contribution in [0.5, 0.6) is 5.75 Å². The molecular weight excluding hydrogens is 443 g/mol. The van der Waals surface area contributed by atoms with Gasteiger partial charge in [0.05, 0.1) is 15.7 Å². The van der Waals surface area contributed by atoms with Crippen LogP contribution in [-0.2, 0) is 11.4 Å². The molecule has 3 rings (SSSR count). The van der Waals surface area contributed by atoms with Crippen molar-refractivity contribution >= 4 is 52.5 Å². The summed E-state index contributed by atoms with van der Waals surface area (Å²) in [6.07, 6.45) is 1.48. The molecule has 0 bridgehead atoms. The van der Waals surface area contributed by atoms with Gasteiger partial charge >= 0.3 is 0 Å². The Morgan fingerprint density at radius 3 is 2.50 bits per heavy atom. The van der Waals surface area contributed by atoms with E-state index < -0.39 is 5.91 Å². The maximum Gasteiger partial charge on any atom is 0.266 e. The number of nitrogens with one attached hydrogen (secondary N) is 1. The number of nitrogens with zero attached hydrogens (tertiary/aromatic N) is 1. The molecule has 4 nitrogen and oxygen atoms in total. The molecule has 0 radical (unpaired) electrons. The molecule has 0 saturated heterocycles. The van der Waals surface area contributed by atoms with E-state index in [1.807, 2.05) is 18.2 Å². The molecule has 0 fully saturated rings. The van der Waals surface area contributed by atoms with Gasteiger partial charge in [0.2, 0.25) is 0 Å². The Bertz CT molecular complexity index is 1140. The van der Waals surface area contributed by atoms with Crippen molar-refractivity contribution in [3.63, 3.8) is 0 Å².